The molecule has 0 aliphatic rings. The third kappa shape index (κ3) is 4.54. The average molecular weight is 337 g/mol. The van der Waals surface area contributed by atoms with Gasteiger partial charge in [0.25, 0.3) is 0 Å². The summed E-state index contributed by atoms with van der Waals surface area (Å²) in [5.74, 6) is -0.488. The summed E-state index contributed by atoms with van der Waals surface area (Å²) in [6, 6.07) is 14.0. The summed E-state index contributed by atoms with van der Waals surface area (Å²) in [6.07, 6.45) is 0.0607. The van der Waals surface area contributed by atoms with Crippen molar-refractivity contribution in [2.24, 2.45) is 0 Å². The highest BCUT2D eigenvalue weighted by molar-refractivity contribution is 9.10. The lowest BCUT2D eigenvalue weighted by Crippen LogP contribution is -2.12. The van der Waals surface area contributed by atoms with Crippen molar-refractivity contribution in [3.63, 3.8) is 0 Å². The fourth-order valence-corrected chi connectivity index (χ4v) is 2.26. The predicted molar refractivity (Wildman–Crippen MR) is 78.9 cm³/mol. The quantitative estimate of drug-likeness (QED) is 0.799. The van der Waals surface area contributed by atoms with Gasteiger partial charge in [0.15, 0.2) is 5.78 Å². The van der Waals surface area contributed by atoms with E-state index in [0.717, 1.165) is 10.0 Å². The minimum atomic E-state index is -0.354. The molecule has 0 aliphatic heterocycles. The van der Waals surface area contributed by atoms with E-state index in [1.54, 1.807) is 18.2 Å². The van der Waals surface area contributed by atoms with Crippen LogP contribution in [0.2, 0.25) is 0 Å². The highest BCUT2D eigenvalue weighted by atomic mass is 79.9. The first kappa shape index (κ1) is 14.9. The summed E-state index contributed by atoms with van der Waals surface area (Å²) in [4.78, 5) is 11.7. The molecule has 104 valence electrons. The molecule has 0 heterocycles. The van der Waals surface area contributed by atoms with Crippen LogP contribution >= 0.6 is 15.9 Å². The highest BCUT2D eigenvalue weighted by Crippen LogP contribution is 2.12. The molecule has 0 saturated carbocycles. The Balaban J connectivity index is 1.80. The molecule has 2 aromatic rings. The number of ether oxygens (including phenoxy) is 1. The molecule has 0 aromatic heterocycles. The van der Waals surface area contributed by atoms with Crippen molar-refractivity contribution >= 4 is 21.7 Å². The van der Waals surface area contributed by atoms with Crippen LogP contribution in [0.3, 0.4) is 0 Å². The van der Waals surface area contributed by atoms with E-state index in [1.807, 2.05) is 24.3 Å². The van der Waals surface area contributed by atoms with Crippen LogP contribution in [0.1, 0.15) is 11.1 Å². The van der Waals surface area contributed by atoms with Crippen LogP contribution in [0.5, 0.6) is 0 Å². The predicted octanol–water partition coefficient (Wildman–Crippen LogP) is 3.92. The van der Waals surface area contributed by atoms with Gasteiger partial charge in [0.2, 0.25) is 0 Å². The molecular weight excluding hydrogens is 323 g/mol. The molecule has 20 heavy (non-hydrogen) atoms. The average Bonchev–Trinajstić information content (AvgIpc) is 2.41. The number of hydrogen-bond donors (Lipinski definition) is 0. The van der Waals surface area contributed by atoms with Gasteiger partial charge in [-0.3, -0.25) is 4.79 Å². The number of ketones is 1. The van der Waals surface area contributed by atoms with Gasteiger partial charge in [-0.25, -0.2) is 4.39 Å². The van der Waals surface area contributed by atoms with Crippen LogP contribution in [-0.2, 0) is 22.6 Å². The molecule has 0 amide bonds. The Morgan fingerprint density at radius 2 is 1.95 bits per heavy atom. The lowest BCUT2D eigenvalue weighted by Gasteiger charge is -2.05. The van der Waals surface area contributed by atoms with E-state index in [1.165, 1.54) is 6.07 Å². The van der Waals surface area contributed by atoms with Crippen molar-refractivity contribution in [2.45, 2.75) is 13.0 Å². The molecule has 0 fully saturated rings. The largest absolute Gasteiger partial charge is 0.369 e. The van der Waals surface area contributed by atoms with E-state index in [4.69, 9.17) is 4.74 Å². The SMILES string of the molecule is O=C(COCc1cccc(Br)c1)Cc1ccccc1F. The second-order valence-corrected chi connectivity index (χ2v) is 5.35. The van der Waals surface area contributed by atoms with E-state index in [2.05, 4.69) is 15.9 Å². The molecule has 0 spiro atoms. The Bertz CT molecular complexity index is 599. The van der Waals surface area contributed by atoms with Gasteiger partial charge >= 0.3 is 0 Å². The zero-order valence-corrected chi connectivity index (χ0v) is 12.4. The Morgan fingerprint density at radius 1 is 1.15 bits per heavy atom. The molecule has 0 bridgehead atoms. The Hall–Kier alpha value is -1.52. The van der Waals surface area contributed by atoms with Crippen molar-refractivity contribution < 1.29 is 13.9 Å². The number of rotatable bonds is 6. The third-order valence-electron chi connectivity index (χ3n) is 2.77. The van der Waals surface area contributed by atoms with Gasteiger partial charge in [-0.05, 0) is 29.3 Å². The Morgan fingerprint density at radius 3 is 2.70 bits per heavy atom. The number of carbonyl (C=O) groups is 1. The van der Waals surface area contributed by atoms with Crippen LogP contribution in [0.15, 0.2) is 53.0 Å². The van der Waals surface area contributed by atoms with Crippen molar-refractivity contribution in [3.8, 4) is 0 Å². The molecule has 4 heteroatoms. The first-order valence-corrected chi connectivity index (χ1v) is 7.02. The van der Waals surface area contributed by atoms with Crippen molar-refractivity contribution in [3.05, 3.63) is 69.9 Å². The van der Waals surface area contributed by atoms with E-state index in [9.17, 15) is 9.18 Å². The smallest absolute Gasteiger partial charge is 0.162 e. The zero-order valence-electron chi connectivity index (χ0n) is 10.8. The van der Waals surface area contributed by atoms with Gasteiger partial charge in [-0.2, -0.15) is 0 Å². The summed E-state index contributed by atoms with van der Waals surface area (Å²) >= 11 is 3.37. The van der Waals surface area contributed by atoms with E-state index < -0.39 is 0 Å². The monoisotopic (exact) mass is 336 g/mol. The fraction of sp³-hybridized carbons (Fsp3) is 0.188. The molecule has 0 N–H and O–H groups in total. The van der Waals surface area contributed by atoms with Crippen LogP contribution in [-0.4, -0.2) is 12.4 Å². The maximum atomic E-state index is 13.4. The maximum Gasteiger partial charge on any atom is 0.162 e. The summed E-state index contributed by atoms with van der Waals surface area (Å²) in [6.45, 7) is 0.350. The van der Waals surface area contributed by atoms with Gasteiger partial charge < -0.3 is 4.74 Å². The second-order valence-electron chi connectivity index (χ2n) is 4.43. The van der Waals surface area contributed by atoms with Crippen molar-refractivity contribution in [1.82, 2.24) is 0 Å². The summed E-state index contributed by atoms with van der Waals surface area (Å²) < 4.78 is 19.7. The molecule has 0 saturated heterocycles. The van der Waals surface area contributed by atoms with E-state index in [0.29, 0.717) is 12.2 Å². The molecular formula is C16H14BrFO2. The van der Waals surface area contributed by atoms with Crippen molar-refractivity contribution in [2.75, 3.05) is 6.61 Å². The summed E-state index contributed by atoms with van der Waals surface area (Å²) in [5.41, 5.74) is 1.39. The van der Waals surface area contributed by atoms with Crippen LogP contribution in [0.4, 0.5) is 4.39 Å². The summed E-state index contributed by atoms with van der Waals surface area (Å²) in [7, 11) is 0. The number of hydrogen-bond acceptors (Lipinski definition) is 2. The molecule has 2 rings (SSSR count). The minimum Gasteiger partial charge on any atom is -0.369 e. The lowest BCUT2D eigenvalue weighted by molar-refractivity contribution is -0.123. The molecule has 2 aromatic carbocycles. The van der Waals surface area contributed by atoms with Gasteiger partial charge in [0, 0.05) is 10.9 Å². The topological polar surface area (TPSA) is 26.3 Å². The van der Waals surface area contributed by atoms with Crippen LogP contribution in [0, 0.1) is 5.82 Å². The van der Waals surface area contributed by atoms with Gasteiger partial charge in [0.1, 0.15) is 12.4 Å². The Labute approximate surface area is 125 Å². The number of carbonyl (C=O) groups excluding carboxylic acids is 1. The molecule has 0 atom stereocenters. The fourth-order valence-electron chi connectivity index (χ4n) is 1.81. The van der Waals surface area contributed by atoms with Crippen molar-refractivity contribution in [1.29, 1.82) is 0 Å². The Kier molecular flexibility index (Phi) is 5.44. The third-order valence-corrected chi connectivity index (χ3v) is 3.26. The highest BCUT2D eigenvalue weighted by Gasteiger charge is 2.08. The maximum absolute atomic E-state index is 13.4. The minimum absolute atomic E-state index is 0.0130. The first-order valence-electron chi connectivity index (χ1n) is 6.22. The van der Waals surface area contributed by atoms with Gasteiger partial charge in [0.05, 0.1) is 6.61 Å². The summed E-state index contributed by atoms with van der Waals surface area (Å²) in [5, 5.41) is 0. The number of halogens is 2. The molecule has 0 aliphatic carbocycles. The molecule has 2 nitrogen and oxygen atoms in total. The lowest BCUT2D eigenvalue weighted by atomic mass is 10.1. The first-order chi connectivity index (χ1) is 9.65. The number of Topliss-reactive ketones (excluding diaryl/α,β-unsaturated/α-hetero) is 1. The molecule has 0 radical (unpaired) electrons. The molecule has 0 unspecified atom stereocenters. The van der Waals surface area contributed by atoms with Crippen LogP contribution < -0.4 is 0 Å². The van der Waals surface area contributed by atoms with Gasteiger partial charge in [-0.15, -0.1) is 0 Å². The van der Waals surface area contributed by atoms with E-state index in [-0.39, 0.29) is 24.6 Å². The zero-order chi connectivity index (χ0) is 14.4. The standard InChI is InChI=1S/C16H14BrFO2/c17-14-6-3-4-12(8-14)10-20-11-15(19)9-13-5-1-2-7-16(13)18/h1-8H,9-11H2. The normalized spacial score (nSPS) is 10.5. The van der Waals surface area contributed by atoms with E-state index >= 15 is 0 Å². The second kappa shape index (κ2) is 7.31. The van der Waals surface area contributed by atoms with Gasteiger partial charge in [-0.1, -0.05) is 46.3 Å². The number of benzene rings is 2. The van der Waals surface area contributed by atoms with Crippen LogP contribution in [0.25, 0.3) is 0 Å².